The van der Waals surface area contributed by atoms with E-state index in [4.69, 9.17) is 4.74 Å². The van der Waals surface area contributed by atoms with Gasteiger partial charge in [0.2, 0.25) is 0 Å². The van der Waals surface area contributed by atoms with Crippen molar-refractivity contribution in [3.63, 3.8) is 0 Å². The highest BCUT2D eigenvalue weighted by molar-refractivity contribution is 7.99. The molecule has 2 aromatic rings. The zero-order chi connectivity index (χ0) is 16.6. The molecule has 0 fully saturated rings. The number of para-hydroxylation sites is 1. The van der Waals surface area contributed by atoms with Crippen molar-refractivity contribution >= 4 is 23.4 Å². The summed E-state index contributed by atoms with van der Waals surface area (Å²) in [6.45, 7) is 1.27. The van der Waals surface area contributed by atoms with Crippen molar-refractivity contribution in [2.75, 3.05) is 24.7 Å². The molecule has 0 unspecified atom stereocenters. The number of hydrogen-bond acceptors (Lipinski definition) is 4. The van der Waals surface area contributed by atoms with Crippen LogP contribution in [0.25, 0.3) is 0 Å². The summed E-state index contributed by atoms with van der Waals surface area (Å²) < 4.78 is 5.61. The first-order valence-electron chi connectivity index (χ1n) is 8.02. The molecule has 1 amide bonds. The first-order chi connectivity index (χ1) is 11.8. The number of hydrazone groups is 1. The number of nitrogens with zero attached hydrogens (tertiary/aromatic N) is 2. The molecule has 0 saturated carbocycles. The SMILES string of the molecule is O=C(CSCCOc1ccccc1)N1CCC(c2ccccc2)=N1. The zero-order valence-electron chi connectivity index (χ0n) is 13.4. The molecule has 1 heterocycles. The van der Waals surface area contributed by atoms with Gasteiger partial charge in [-0.1, -0.05) is 48.5 Å². The summed E-state index contributed by atoms with van der Waals surface area (Å²) >= 11 is 1.58. The number of ether oxygens (including phenoxy) is 1. The Labute approximate surface area is 146 Å². The summed E-state index contributed by atoms with van der Waals surface area (Å²) in [5, 5.41) is 6.05. The summed E-state index contributed by atoms with van der Waals surface area (Å²) in [5.74, 6) is 2.14. The zero-order valence-corrected chi connectivity index (χ0v) is 14.2. The smallest absolute Gasteiger partial charge is 0.252 e. The number of amides is 1. The van der Waals surface area contributed by atoms with Gasteiger partial charge in [-0.05, 0) is 17.7 Å². The van der Waals surface area contributed by atoms with E-state index in [9.17, 15) is 4.79 Å². The number of carbonyl (C=O) groups excluding carboxylic acids is 1. The largest absolute Gasteiger partial charge is 0.493 e. The number of rotatable bonds is 7. The third-order valence-electron chi connectivity index (χ3n) is 3.66. The molecule has 3 rings (SSSR count). The van der Waals surface area contributed by atoms with Crippen molar-refractivity contribution in [3.8, 4) is 5.75 Å². The van der Waals surface area contributed by atoms with E-state index in [0.29, 0.717) is 18.9 Å². The Kier molecular flexibility index (Phi) is 5.90. The molecule has 0 bridgehead atoms. The lowest BCUT2D eigenvalue weighted by Crippen LogP contribution is -2.25. The average molecular weight is 340 g/mol. The molecule has 24 heavy (non-hydrogen) atoms. The molecule has 124 valence electrons. The van der Waals surface area contributed by atoms with Gasteiger partial charge in [-0.2, -0.15) is 5.10 Å². The topological polar surface area (TPSA) is 41.9 Å². The molecule has 5 heteroatoms. The molecule has 0 atom stereocenters. The Morgan fingerprint density at radius 3 is 2.54 bits per heavy atom. The van der Waals surface area contributed by atoms with Crippen LogP contribution in [0.2, 0.25) is 0 Å². The van der Waals surface area contributed by atoms with Crippen molar-refractivity contribution in [1.82, 2.24) is 5.01 Å². The van der Waals surface area contributed by atoms with Gasteiger partial charge in [0.05, 0.1) is 24.6 Å². The minimum absolute atomic E-state index is 0.0608. The molecule has 0 radical (unpaired) electrons. The Hall–Kier alpha value is -2.27. The van der Waals surface area contributed by atoms with Gasteiger partial charge in [0, 0.05) is 12.2 Å². The van der Waals surface area contributed by atoms with Crippen molar-refractivity contribution in [1.29, 1.82) is 0 Å². The van der Waals surface area contributed by atoms with Gasteiger partial charge in [0.15, 0.2) is 0 Å². The molecule has 4 nitrogen and oxygen atoms in total. The van der Waals surface area contributed by atoms with Crippen LogP contribution in [0.4, 0.5) is 0 Å². The lowest BCUT2D eigenvalue weighted by atomic mass is 10.1. The van der Waals surface area contributed by atoms with Gasteiger partial charge < -0.3 is 4.74 Å². The van der Waals surface area contributed by atoms with Crippen LogP contribution >= 0.6 is 11.8 Å². The van der Waals surface area contributed by atoms with Gasteiger partial charge in [-0.15, -0.1) is 11.8 Å². The van der Waals surface area contributed by atoms with Crippen LogP contribution in [-0.4, -0.2) is 41.3 Å². The molecule has 0 aliphatic carbocycles. The van der Waals surface area contributed by atoms with Crippen molar-refractivity contribution in [3.05, 3.63) is 66.2 Å². The molecule has 0 spiro atoms. The highest BCUT2D eigenvalue weighted by atomic mass is 32.2. The second-order valence-electron chi connectivity index (χ2n) is 5.39. The third kappa shape index (κ3) is 4.61. The maximum atomic E-state index is 12.2. The summed E-state index contributed by atoms with van der Waals surface area (Å²) in [4.78, 5) is 12.2. The average Bonchev–Trinajstić information content (AvgIpc) is 3.13. The van der Waals surface area contributed by atoms with Crippen molar-refractivity contribution in [2.45, 2.75) is 6.42 Å². The Bertz CT molecular complexity index is 689. The van der Waals surface area contributed by atoms with E-state index < -0.39 is 0 Å². The highest BCUT2D eigenvalue weighted by Crippen LogP contribution is 2.15. The molecule has 0 aromatic heterocycles. The third-order valence-corrected chi connectivity index (χ3v) is 4.57. The van der Waals surface area contributed by atoms with Crippen LogP contribution in [0.5, 0.6) is 5.75 Å². The summed E-state index contributed by atoms with van der Waals surface area (Å²) in [5.41, 5.74) is 2.08. The first-order valence-corrected chi connectivity index (χ1v) is 9.17. The lowest BCUT2D eigenvalue weighted by molar-refractivity contribution is -0.127. The second kappa shape index (κ2) is 8.55. The van der Waals surface area contributed by atoms with Gasteiger partial charge in [-0.3, -0.25) is 4.79 Å². The monoisotopic (exact) mass is 340 g/mol. The number of carbonyl (C=O) groups is 1. The molecule has 0 saturated heterocycles. The number of hydrogen-bond donors (Lipinski definition) is 0. The standard InChI is InChI=1S/C19H20N2O2S/c22-19(15-24-14-13-23-17-9-5-2-6-10-17)21-12-11-18(20-21)16-7-3-1-4-8-16/h1-10H,11-15H2. The second-order valence-corrected chi connectivity index (χ2v) is 6.50. The van der Waals surface area contributed by atoms with Crippen LogP contribution in [-0.2, 0) is 4.79 Å². The van der Waals surface area contributed by atoms with E-state index in [2.05, 4.69) is 5.10 Å². The van der Waals surface area contributed by atoms with Crippen molar-refractivity contribution < 1.29 is 9.53 Å². The Morgan fingerprint density at radius 2 is 1.79 bits per heavy atom. The first kappa shape index (κ1) is 16.6. The molecule has 2 aromatic carbocycles. The van der Waals surface area contributed by atoms with E-state index in [1.54, 1.807) is 16.8 Å². The van der Waals surface area contributed by atoms with Crippen LogP contribution in [0, 0.1) is 0 Å². The summed E-state index contributed by atoms with van der Waals surface area (Å²) in [7, 11) is 0. The predicted molar refractivity (Wildman–Crippen MR) is 98.6 cm³/mol. The fourth-order valence-corrected chi connectivity index (χ4v) is 3.11. The quantitative estimate of drug-likeness (QED) is 0.725. The normalized spacial score (nSPS) is 13.7. The minimum Gasteiger partial charge on any atom is -0.493 e. The molecule has 1 aliphatic rings. The van der Waals surface area contributed by atoms with E-state index >= 15 is 0 Å². The molecular weight excluding hydrogens is 320 g/mol. The number of thioether (sulfide) groups is 1. The summed E-state index contributed by atoms with van der Waals surface area (Å²) in [6, 6.07) is 19.7. The van der Waals surface area contributed by atoms with Gasteiger partial charge in [-0.25, -0.2) is 5.01 Å². The van der Waals surface area contributed by atoms with E-state index in [1.165, 1.54) is 0 Å². The van der Waals surface area contributed by atoms with Crippen molar-refractivity contribution in [2.24, 2.45) is 5.10 Å². The maximum absolute atomic E-state index is 12.2. The highest BCUT2D eigenvalue weighted by Gasteiger charge is 2.21. The molecule has 1 aliphatic heterocycles. The van der Waals surface area contributed by atoms with Crippen LogP contribution in [0.1, 0.15) is 12.0 Å². The van der Waals surface area contributed by atoms with Crippen LogP contribution < -0.4 is 4.74 Å². The lowest BCUT2D eigenvalue weighted by Gasteiger charge is -2.11. The van der Waals surface area contributed by atoms with Gasteiger partial charge in [0.1, 0.15) is 5.75 Å². The van der Waals surface area contributed by atoms with Gasteiger partial charge in [0.25, 0.3) is 5.91 Å². The summed E-state index contributed by atoms with van der Waals surface area (Å²) in [6.07, 6.45) is 0.817. The maximum Gasteiger partial charge on any atom is 0.252 e. The Balaban J connectivity index is 1.39. The van der Waals surface area contributed by atoms with E-state index in [1.807, 2.05) is 60.7 Å². The minimum atomic E-state index is 0.0608. The van der Waals surface area contributed by atoms with E-state index in [-0.39, 0.29) is 5.91 Å². The van der Waals surface area contributed by atoms with Crippen LogP contribution in [0.15, 0.2) is 65.8 Å². The fourth-order valence-electron chi connectivity index (χ4n) is 2.44. The van der Waals surface area contributed by atoms with Gasteiger partial charge >= 0.3 is 0 Å². The molecule has 0 N–H and O–H groups in total. The fraction of sp³-hybridized carbons (Fsp3) is 0.263. The van der Waals surface area contributed by atoms with E-state index in [0.717, 1.165) is 29.2 Å². The molecular formula is C19H20N2O2S. The van der Waals surface area contributed by atoms with Crippen LogP contribution in [0.3, 0.4) is 0 Å². The predicted octanol–water partition coefficient (Wildman–Crippen LogP) is 3.44. The Morgan fingerprint density at radius 1 is 1.08 bits per heavy atom. The number of benzene rings is 2.